The molecule has 2 aromatic rings. The Balaban J connectivity index is 1.77. The van der Waals surface area contributed by atoms with E-state index in [0.29, 0.717) is 12.3 Å². The summed E-state index contributed by atoms with van der Waals surface area (Å²) in [5.41, 5.74) is 4.10. The topological polar surface area (TPSA) is 84.8 Å². The number of nitrogens with one attached hydrogen (secondary N) is 2. The molecule has 1 atom stereocenters. The minimum atomic E-state index is -0.145. The van der Waals surface area contributed by atoms with E-state index in [4.69, 9.17) is 4.74 Å². The Bertz CT molecular complexity index is 682. The first kappa shape index (κ1) is 14.8. The monoisotopic (exact) mass is 303 g/mol. The van der Waals surface area contributed by atoms with Gasteiger partial charge in [0.2, 0.25) is 0 Å². The van der Waals surface area contributed by atoms with Gasteiger partial charge >= 0.3 is 0 Å². The van der Waals surface area contributed by atoms with Gasteiger partial charge in [-0.1, -0.05) is 0 Å². The molecule has 7 nitrogen and oxygen atoms in total. The van der Waals surface area contributed by atoms with Crippen LogP contribution in [0.3, 0.4) is 0 Å². The molecule has 22 heavy (non-hydrogen) atoms. The maximum atomic E-state index is 12.3. The van der Waals surface area contributed by atoms with Crippen LogP contribution in [0, 0.1) is 13.8 Å². The Morgan fingerprint density at radius 2 is 2.32 bits per heavy atom. The molecular formula is C15H21N5O2. The third-order valence-corrected chi connectivity index (χ3v) is 4.08. The Morgan fingerprint density at radius 3 is 2.95 bits per heavy atom. The van der Waals surface area contributed by atoms with Crippen molar-refractivity contribution in [3.63, 3.8) is 0 Å². The average molecular weight is 303 g/mol. The standard InChI is InChI=1S/C15H21N5O2/c1-9-14(10(2)20(3)19-9)12-7-13(18-17-12)15(21)16-11-5-4-6-22-8-11/h7,11H,4-6,8H2,1-3H3,(H,16,21)(H,17,18)/t11-/m1/s1. The van der Waals surface area contributed by atoms with Gasteiger partial charge in [-0.15, -0.1) is 0 Å². The summed E-state index contributed by atoms with van der Waals surface area (Å²) in [7, 11) is 1.90. The number of carbonyl (C=O) groups is 1. The van der Waals surface area contributed by atoms with Crippen LogP contribution in [0.1, 0.15) is 34.7 Å². The number of aromatic amines is 1. The number of aromatic nitrogens is 4. The second-order valence-corrected chi connectivity index (χ2v) is 5.72. The highest BCUT2D eigenvalue weighted by atomic mass is 16.5. The summed E-state index contributed by atoms with van der Waals surface area (Å²) in [4.78, 5) is 12.3. The molecule has 0 spiro atoms. The van der Waals surface area contributed by atoms with E-state index in [1.807, 2.05) is 25.6 Å². The zero-order chi connectivity index (χ0) is 15.7. The summed E-state index contributed by atoms with van der Waals surface area (Å²) in [6, 6.07) is 1.85. The Morgan fingerprint density at radius 1 is 1.50 bits per heavy atom. The first-order valence-corrected chi connectivity index (χ1v) is 7.51. The maximum absolute atomic E-state index is 12.3. The number of ether oxygens (including phenoxy) is 1. The average Bonchev–Trinajstić information content (AvgIpc) is 3.06. The summed E-state index contributed by atoms with van der Waals surface area (Å²) in [6.45, 7) is 5.28. The van der Waals surface area contributed by atoms with Crippen LogP contribution in [0.15, 0.2) is 6.07 Å². The first-order chi connectivity index (χ1) is 10.6. The fourth-order valence-corrected chi connectivity index (χ4v) is 2.83. The summed E-state index contributed by atoms with van der Waals surface area (Å²) in [5, 5.41) is 14.4. The minimum absolute atomic E-state index is 0.0786. The Hall–Kier alpha value is -2.15. The molecule has 2 aromatic heterocycles. The molecule has 0 saturated carbocycles. The molecular weight excluding hydrogens is 282 g/mol. The van der Waals surface area contributed by atoms with Gasteiger partial charge in [-0.3, -0.25) is 14.6 Å². The SMILES string of the molecule is Cc1nn(C)c(C)c1-c1cc(C(=O)N[C@@H]2CCCOC2)[nH]n1. The second-order valence-electron chi connectivity index (χ2n) is 5.72. The second kappa shape index (κ2) is 5.92. The fraction of sp³-hybridized carbons (Fsp3) is 0.533. The van der Waals surface area contributed by atoms with Crippen LogP contribution in [0.2, 0.25) is 0 Å². The minimum Gasteiger partial charge on any atom is -0.379 e. The molecule has 0 aromatic carbocycles. The van der Waals surface area contributed by atoms with Gasteiger partial charge in [0.15, 0.2) is 0 Å². The number of hydrogen-bond acceptors (Lipinski definition) is 4. The molecule has 0 bridgehead atoms. The zero-order valence-corrected chi connectivity index (χ0v) is 13.1. The summed E-state index contributed by atoms with van der Waals surface area (Å²) < 4.78 is 7.19. The fourth-order valence-electron chi connectivity index (χ4n) is 2.83. The molecule has 7 heteroatoms. The molecule has 3 heterocycles. The predicted octanol–water partition coefficient (Wildman–Crippen LogP) is 1.34. The van der Waals surface area contributed by atoms with Gasteiger partial charge in [-0.05, 0) is 32.8 Å². The van der Waals surface area contributed by atoms with E-state index < -0.39 is 0 Å². The van der Waals surface area contributed by atoms with Crippen LogP contribution in [-0.2, 0) is 11.8 Å². The lowest BCUT2D eigenvalue weighted by atomic mass is 10.1. The molecule has 0 unspecified atom stereocenters. The van der Waals surface area contributed by atoms with E-state index in [1.54, 1.807) is 6.07 Å². The van der Waals surface area contributed by atoms with Crippen LogP contribution < -0.4 is 5.32 Å². The van der Waals surface area contributed by atoms with Crippen molar-refractivity contribution in [1.82, 2.24) is 25.3 Å². The lowest BCUT2D eigenvalue weighted by molar-refractivity contribution is 0.0622. The summed E-state index contributed by atoms with van der Waals surface area (Å²) in [5.74, 6) is -0.145. The van der Waals surface area contributed by atoms with E-state index in [2.05, 4.69) is 20.6 Å². The smallest absolute Gasteiger partial charge is 0.269 e. The molecule has 3 rings (SSSR count). The van der Waals surface area contributed by atoms with Crippen LogP contribution in [0.5, 0.6) is 0 Å². The third kappa shape index (κ3) is 2.76. The van der Waals surface area contributed by atoms with Crippen molar-refractivity contribution in [1.29, 1.82) is 0 Å². The number of hydrogen-bond donors (Lipinski definition) is 2. The largest absolute Gasteiger partial charge is 0.379 e. The third-order valence-electron chi connectivity index (χ3n) is 4.08. The molecule has 0 radical (unpaired) electrons. The molecule has 0 aliphatic carbocycles. The van der Waals surface area contributed by atoms with Crippen LogP contribution in [0.4, 0.5) is 0 Å². The highest BCUT2D eigenvalue weighted by Gasteiger charge is 2.20. The lowest BCUT2D eigenvalue weighted by Gasteiger charge is -2.22. The maximum Gasteiger partial charge on any atom is 0.269 e. The molecule has 2 N–H and O–H groups in total. The van der Waals surface area contributed by atoms with Crippen LogP contribution in [-0.4, -0.2) is 45.1 Å². The number of H-pyrrole nitrogens is 1. The van der Waals surface area contributed by atoms with E-state index in [1.165, 1.54) is 0 Å². The van der Waals surface area contributed by atoms with Gasteiger partial charge in [-0.2, -0.15) is 10.2 Å². The first-order valence-electron chi connectivity index (χ1n) is 7.51. The van der Waals surface area contributed by atoms with Crippen molar-refractivity contribution in [2.24, 2.45) is 7.05 Å². The van der Waals surface area contributed by atoms with Gasteiger partial charge in [-0.25, -0.2) is 0 Å². The van der Waals surface area contributed by atoms with Crippen LogP contribution in [0.25, 0.3) is 11.3 Å². The number of amides is 1. The highest BCUT2D eigenvalue weighted by molar-refractivity contribution is 5.93. The number of carbonyl (C=O) groups excluding carboxylic acids is 1. The van der Waals surface area contributed by atoms with Crippen molar-refractivity contribution in [2.45, 2.75) is 32.7 Å². The number of rotatable bonds is 3. The van der Waals surface area contributed by atoms with E-state index in [-0.39, 0.29) is 11.9 Å². The molecule has 1 fully saturated rings. The van der Waals surface area contributed by atoms with Crippen molar-refractivity contribution >= 4 is 5.91 Å². The Labute approximate surface area is 129 Å². The van der Waals surface area contributed by atoms with Gasteiger partial charge in [0.1, 0.15) is 5.69 Å². The number of aryl methyl sites for hydroxylation is 2. The van der Waals surface area contributed by atoms with E-state index in [9.17, 15) is 4.79 Å². The molecule has 1 saturated heterocycles. The predicted molar refractivity (Wildman–Crippen MR) is 81.6 cm³/mol. The van der Waals surface area contributed by atoms with Gasteiger partial charge in [0, 0.05) is 24.9 Å². The van der Waals surface area contributed by atoms with Crippen molar-refractivity contribution in [2.75, 3.05) is 13.2 Å². The Kier molecular flexibility index (Phi) is 3.98. The molecule has 1 amide bonds. The highest BCUT2D eigenvalue weighted by Crippen LogP contribution is 2.25. The summed E-state index contributed by atoms with van der Waals surface area (Å²) in [6.07, 6.45) is 1.93. The van der Waals surface area contributed by atoms with Gasteiger partial charge < -0.3 is 10.1 Å². The van der Waals surface area contributed by atoms with Crippen LogP contribution >= 0.6 is 0 Å². The zero-order valence-electron chi connectivity index (χ0n) is 13.1. The van der Waals surface area contributed by atoms with E-state index >= 15 is 0 Å². The quantitative estimate of drug-likeness (QED) is 0.896. The van der Waals surface area contributed by atoms with Crippen molar-refractivity contribution in [3.8, 4) is 11.3 Å². The molecule has 118 valence electrons. The van der Waals surface area contributed by atoms with Crippen molar-refractivity contribution < 1.29 is 9.53 Å². The lowest BCUT2D eigenvalue weighted by Crippen LogP contribution is -2.40. The summed E-state index contributed by atoms with van der Waals surface area (Å²) >= 11 is 0. The molecule has 1 aliphatic heterocycles. The molecule has 1 aliphatic rings. The van der Waals surface area contributed by atoms with E-state index in [0.717, 1.165) is 42.1 Å². The van der Waals surface area contributed by atoms with Gasteiger partial charge in [0.25, 0.3) is 5.91 Å². The van der Waals surface area contributed by atoms with Gasteiger partial charge in [0.05, 0.1) is 24.0 Å². The normalized spacial score (nSPS) is 18.4. The van der Waals surface area contributed by atoms with Crippen molar-refractivity contribution in [3.05, 3.63) is 23.1 Å². The number of nitrogens with zero attached hydrogens (tertiary/aromatic N) is 3.